The second-order valence-electron chi connectivity index (χ2n) is 10.1. The van der Waals surface area contributed by atoms with Gasteiger partial charge in [-0.05, 0) is 0 Å². The minimum atomic E-state index is -1.18. The quantitative estimate of drug-likeness (QED) is 0.293. The third-order valence-electron chi connectivity index (χ3n) is 7.88. The molecule has 0 amide bonds. The molecule has 1 heterocycles. The average Bonchev–Trinajstić information content (AvgIpc) is 3.56. The molecule has 1 fully saturated rings. The van der Waals surface area contributed by atoms with E-state index in [0.717, 1.165) is 17.9 Å². The fourth-order valence-electron chi connectivity index (χ4n) is 6.31. The molecule has 5 rings (SSSR count). The minimum Gasteiger partial charge on any atom is -1.00 e. The number of aryl methyl sites for hydroxylation is 2. The molecule has 0 aromatic heterocycles. The van der Waals surface area contributed by atoms with Crippen molar-refractivity contribution in [3.63, 3.8) is 0 Å². The first-order chi connectivity index (χ1) is 16.1. The number of halogens is 2. The molecule has 1 aliphatic heterocycles. The summed E-state index contributed by atoms with van der Waals surface area (Å²) >= 11 is -1.18. The van der Waals surface area contributed by atoms with Gasteiger partial charge in [-0.25, -0.2) is 0 Å². The zero-order valence-corrected chi connectivity index (χ0v) is 28.5. The second kappa shape index (κ2) is 12.9. The van der Waals surface area contributed by atoms with Gasteiger partial charge in [0.2, 0.25) is 0 Å². The Morgan fingerprint density at radius 1 is 1.00 bits per heavy atom. The smallest absolute Gasteiger partial charge is 1.00 e. The van der Waals surface area contributed by atoms with Gasteiger partial charge in [0.1, 0.15) is 0 Å². The molecule has 2 aromatic rings. The van der Waals surface area contributed by atoms with Crippen LogP contribution in [0.15, 0.2) is 47.8 Å². The molecule has 4 unspecified atom stereocenters. The number of rotatable bonds is 8. The summed E-state index contributed by atoms with van der Waals surface area (Å²) in [5.74, 6) is 0. The fourth-order valence-corrected chi connectivity index (χ4v) is 22.7. The van der Waals surface area contributed by atoms with Gasteiger partial charge in [0.05, 0.1) is 0 Å². The molecule has 0 radical (unpaired) electrons. The number of allylic oxidation sites excluding steroid dienone is 2. The van der Waals surface area contributed by atoms with Crippen molar-refractivity contribution >= 4 is 28.7 Å². The number of fused-ring (bicyclic) bond motifs is 2. The SMILES string of the molecule is CCCP(CCC)C1=Cc2c(C)ccc(C)c2[CH]1[Hf+2][C]1(C2CCCP2)C=Cc2ccccc21.[Cl-].[Cl-]. The molecule has 186 valence electrons. The van der Waals surface area contributed by atoms with Gasteiger partial charge < -0.3 is 24.8 Å². The van der Waals surface area contributed by atoms with Crippen LogP contribution < -0.4 is 24.8 Å². The van der Waals surface area contributed by atoms with E-state index in [1.54, 1.807) is 22.3 Å². The van der Waals surface area contributed by atoms with Gasteiger partial charge in [-0.3, -0.25) is 0 Å². The Morgan fingerprint density at radius 2 is 1.71 bits per heavy atom. The maximum absolute atomic E-state index is 2.74. The van der Waals surface area contributed by atoms with E-state index in [1.807, 2.05) is 5.31 Å². The van der Waals surface area contributed by atoms with Crippen LogP contribution in [0.3, 0.4) is 0 Å². The van der Waals surface area contributed by atoms with Crippen LogP contribution >= 0.6 is 16.5 Å². The zero-order chi connectivity index (χ0) is 23.0. The molecule has 5 heteroatoms. The molecule has 3 aliphatic rings. The number of hydrogen-bond donors (Lipinski definition) is 0. The van der Waals surface area contributed by atoms with E-state index in [9.17, 15) is 0 Å². The summed E-state index contributed by atoms with van der Waals surface area (Å²) in [6.45, 7) is 9.55. The molecule has 0 bridgehead atoms. The maximum Gasteiger partial charge on any atom is -1.00 e. The predicted octanol–water partition coefficient (Wildman–Crippen LogP) is 2.85. The van der Waals surface area contributed by atoms with E-state index >= 15 is 0 Å². The van der Waals surface area contributed by atoms with Crippen LogP contribution in [0.25, 0.3) is 12.2 Å². The summed E-state index contributed by atoms with van der Waals surface area (Å²) in [6.07, 6.45) is 17.8. The van der Waals surface area contributed by atoms with Crippen LogP contribution in [0.2, 0.25) is 0 Å². The Balaban J connectivity index is 0.00000171. The van der Waals surface area contributed by atoms with Crippen molar-refractivity contribution in [1.29, 1.82) is 0 Å². The Kier molecular flexibility index (Phi) is 10.9. The van der Waals surface area contributed by atoms with Crippen molar-refractivity contribution in [3.8, 4) is 0 Å². The fraction of sp³-hybridized carbons (Fsp3) is 0.467. The van der Waals surface area contributed by atoms with Gasteiger partial charge in [0, 0.05) is 0 Å². The van der Waals surface area contributed by atoms with Crippen molar-refractivity contribution in [2.45, 2.75) is 65.9 Å². The third kappa shape index (κ3) is 5.52. The molecule has 0 N–H and O–H groups in total. The van der Waals surface area contributed by atoms with Gasteiger partial charge >= 0.3 is 217 Å². The first kappa shape index (κ1) is 29.8. The Bertz CT molecular complexity index is 1080. The van der Waals surface area contributed by atoms with Crippen molar-refractivity contribution in [1.82, 2.24) is 0 Å². The van der Waals surface area contributed by atoms with Gasteiger partial charge in [-0.15, -0.1) is 0 Å². The van der Waals surface area contributed by atoms with Crippen molar-refractivity contribution in [2.75, 3.05) is 18.5 Å². The summed E-state index contributed by atoms with van der Waals surface area (Å²) in [4.78, 5) is 0. The van der Waals surface area contributed by atoms with Gasteiger partial charge in [0.25, 0.3) is 0 Å². The first-order valence-corrected chi connectivity index (χ1v) is 19.8. The van der Waals surface area contributed by atoms with Crippen molar-refractivity contribution in [3.05, 3.63) is 81.2 Å². The average molecular weight is 710 g/mol. The van der Waals surface area contributed by atoms with E-state index in [4.69, 9.17) is 0 Å². The Labute approximate surface area is 240 Å². The van der Waals surface area contributed by atoms with Crippen molar-refractivity contribution in [2.24, 2.45) is 0 Å². The predicted molar refractivity (Wildman–Crippen MR) is 147 cm³/mol. The first-order valence-electron chi connectivity index (χ1n) is 13.0. The molecule has 0 saturated carbocycles. The second-order valence-corrected chi connectivity index (χ2v) is 20.3. The van der Waals surface area contributed by atoms with Crippen LogP contribution in [0.4, 0.5) is 0 Å². The van der Waals surface area contributed by atoms with Crippen molar-refractivity contribution < 1.29 is 47.7 Å². The molecule has 1 saturated heterocycles. The van der Waals surface area contributed by atoms with E-state index in [-0.39, 0.29) is 32.7 Å². The molecular formula is C30H38Cl2HfP2. The van der Waals surface area contributed by atoms with Crippen LogP contribution in [-0.4, -0.2) is 24.1 Å². The zero-order valence-electron chi connectivity index (χ0n) is 21.5. The van der Waals surface area contributed by atoms with Gasteiger partial charge in [-0.2, -0.15) is 0 Å². The summed E-state index contributed by atoms with van der Waals surface area (Å²) in [6, 6.07) is 14.2. The van der Waals surface area contributed by atoms with E-state index in [2.05, 4.69) is 82.3 Å². The summed E-state index contributed by atoms with van der Waals surface area (Å²) in [7, 11) is 1.15. The summed E-state index contributed by atoms with van der Waals surface area (Å²) in [5, 5.41) is 1.91. The van der Waals surface area contributed by atoms with Gasteiger partial charge in [0.15, 0.2) is 0 Å². The van der Waals surface area contributed by atoms with E-state index in [0.29, 0.717) is 3.17 Å². The van der Waals surface area contributed by atoms with Crippen LogP contribution in [0, 0.1) is 13.8 Å². The van der Waals surface area contributed by atoms with Crippen LogP contribution in [0.1, 0.15) is 76.6 Å². The van der Waals surface area contributed by atoms with Gasteiger partial charge in [-0.1, -0.05) is 0 Å². The Hall–Kier alpha value is 0.230. The third-order valence-corrected chi connectivity index (χ3v) is 22.5. The monoisotopic (exact) mass is 710 g/mol. The largest absolute Gasteiger partial charge is 1.00 e. The molecule has 35 heavy (non-hydrogen) atoms. The number of benzene rings is 2. The normalized spacial score (nSPS) is 24.5. The summed E-state index contributed by atoms with van der Waals surface area (Å²) in [5.41, 5.74) is 10.6. The standard InChI is InChI=1S/C17H24P.C13H14P.2ClH.Hf/c1-5-9-18(10-6-2)15-11-16-13(3)7-8-14(4)17(16)12-15;1-2-5-11-10(4-1)7-8-12(11)13-6-3-9-14-13;;;/h7-8,11-12H,5-6,9-10H2,1-4H3;1-2,4-5,7-8,13-14H,3,6,9H2;2*1H;/q;;;;+2/p-2. The van der Waals surface area contributed by atoms with Crippen LogP contribution in [0.5, 0.6) is 0 Å². The topological polar surface area (TPSA) is 0 Å². The minimum absolute atomic E-state index is 0. The Morgan fingerprint density at radius 3 is 2.40 bits per heavy atom. The van der Waals surface area contributed by atoms with Crippen LogP contribution in [-0.2, 0) is 26.1 Å². The molecule has 2 aliphatic carbocycles. The molecule has 0 nitrogen and oxygen atoms in total. The van der Waals surface area contributed by atoms with E-state index < -0.39 is 22.9 Å². The molecule has 4 atom stereocenters. The maximum atomic E-state index is 2.74. The molecule has 2 aromatic carbocycles. The molecule has 0 spiro atoms. The summed E-state index contributed by atoms with van der Waals surface area (Å²) < 4.78 is 1.19. The van der Waals surface area contributed by atoms with E-state index in [1.165, 1.54) is 55.3 Å². The number of hydrogen-bond acceptors (Lipinski definition) is 0. The molecular weight excluding hydrogens is 672 g/mol.